The Morgan fingerprint density at radius 2 is 2.13 bits per heavy atom. The monoisotopic (exact) mass is 352 g/mol. The Morgan fingerprint density at radius 3 is 3.00 bits per heavy atom. The van der Waals surface area contributed by atoms with Gasteiger partial charge in [0.2, 0.25) is 0 Å². The summed E-state index contributed by atoms with van der Waals surface area (Å²) in [6, 6.07) is 7.20. The Bertz CT molecular complexity index is 677. The summed E-state index contributed by atoms with van der Waals surface area (Å²) in [4.78, 5) is 12.0. The Balaban J connectivity index is 1.57. The maximum absolute atomic E-state index is 12.0. The molecule has 1 aliphatic carbocycles. The van der Waals surface area contributed by atoms with E-state index >= 15 is 0 Å². The summed E-state index contributed by atoms with van der Waals surface area (Å²) >= 11 is 7.38. The van der Waals surface area contributed by atoms with Crippen LogP contribution in [-0.2, 0) is 11.4 Å². The number of ether oxygens (including phenoxy) is 1. The Morgan fingerprint density at radius 1 is 1.26 bits per heavy atom. The number of para-hydroxylation sites is 1. The fraction of sp³-hybridized carbons (Fsp3) is 0.438. The highest BCUT2D eigenvalue weighted by Gasteiger charge is 2.24. The maximum Gasteiger partial charge on any atom is 0.277 e. The molecule has 2 aromatic rings. The van der Waals surface area contributed by atoms with Crippen molar-refractivity contribution in [2.24, 2.45) is 0 Å². The SMILES string of the molecule is O=C1CCCCCC1Sc1nnc(COc2ccccc2Cl)o1. The van der Waals surface area contributed by atoms with Gasteiger partial charge in [0.15, 0.2) is 6.61 Å². The van der Waals surface area contributed by atoms with Gasteiger partial charge in [-0.05, 0) is 25.0 Å². The fourth-order valence-electron chi connectivity index (χ4n) is 2.42. The number of ketones is 1. The molecule has 1 aromatic heterocycles. The number of nitrogens with zero attached hydrogens (tertiary/aromatic N) is 2. The first-order valence-electron chi connectivity index (χ1n) is 7.61. The first-order chi connectivity index (χ1) is 11.2. The molecule has 7 heteroatoms. The van der Waals surface area contributed by atoms with Gasteiger partial charge >= 0.3 is 0 Å². The van der Waals surface area contributed by atoms with Gasteiger partial charge in [-0.3, -0.25) is 4.79 Å². The molecule has 0 N–H and O–H groups in total. The van der Waals surface area contributed by atoms with E-state index in [1.165, 1.54) is 11.8 Å². The van der Waals surface area contributed by atoms with E-state index in [0.717, 1.165) is 25.7 Å². The van der Waals surface area contributed by atoms with Crippen LogP contribution in [0.1, 0.15) is 38.0 Å². The van der Waals surface area contributed by atoms with Crippen molar-refractivity contribution < 1.29 is 13.9 Å². The van der Waals surface area contributed by atoms with Gasteiger partial charge in [0, 0.05) is 6.42 Å². The molecule has 1 fully saturated rings. The maximum atomic E-state index is 12.0. The molecule has 23 heavy (non-hydrogen) atoms. The quantitative estimate of drug-likeness (QED) is 0.747. The lowest BCUT2D eigenvalue weighted by Crippen LogP contribution is -2.14. The molecule has 1 saturated carbocycles. The Kier molecular flexibility index (Phi) is 5.56. The van der Waals surface area contributed by atoms with Crippen molar-refractivity contribution in [3.8, 4) is 5.75 Å². The second-order valence-corrected chi connectivity index (χ2v) is 6.91. The molecular formula is C16H17ClN2O3S. The molecule has 1 aromatic carbocycles. The molecule has 0 radical (unpaired) electrons. The lowest BCUT2D eigenvalue weighted by atomic mass is 10.2. The Labute approximate surface area is 143 Å². The standard InChI is InChI=1S/C16H17ClN2O3S/c17-11-6-4-5-8-13(11)21-10-15-18-19-16(22-15)23-14-9-3-1-2-7-12(14)20/h4-6,8,14H,1-3,7,9-10H2. The van der Waals surface area contributed by atoms with E-state index in [-0.39, 0.29) is 17.6 Å². The van der Waals surface area contributed by atoms with Crippen molar-refractivity contribution in [2.75, 3.05) is 0 Å². The minimum atomic E-state index is -0.0738. The molecule has 1 atom stereocenters. The number of Topliss-reactive ketones (excluding diaryl/α,β-unsaturated/α-hetero) is 1. The van der Waals surface area contributed by atoms with Crippen LogP contribution < -0.4 is 4.74 Å². The van der Waals surface area contributed by atoms with Crippen LogP contribution in [0.15, 0.2) is 33.9 Å². The fourth-order valence-corrected chi connectivity index (χ4v) is 3.62. The van der Waals surface area contributed by atoms with Crippen LogP contribution in [-0.4, -0.2) is 21.2 Å². The largest absolute Gasteiger partial charge is 0.482 e. The van der Waals surface area contributed by atoms with Gasteiger partial charge in [0.05, 0.1) is 10.3 Å². The molecule has 5 nitrogen and oxygen atoms in total. The molecule has 122 valence electrons. The highest BCUT2D eigenvalue weighted by atomic mass is 35.5. The van der Waals surface area contributed by atoms with Gasteiger partial charge in [0.1, 0.15) is 11.5 Å². The molecular weight excluding hydrogens is 336 g/mol. The molecule has 1 aliphatic rings. The van der Waals surface area contributed by atoms with Crippen molar-refractivity contribution in [2.45, 2.75) is 49.2 Å². The summed E-state index contributed by atoms with van der Waals surface area (Å²) in [5.74, 6) is 1.22. The van der Waals surface area contributed by atoms with E-state index in [0.29, 0.717) is 28.3 Å². The lowest BCUT2D eigenvalue weighted by molar-refractivity contribution is -0.118. The predicted octanol–water partition coefficient (Wildman–Crippen LogP) is 4.30. The number of aromatic nitrogens is 2. The van der Waals surface area contributed by atoms with E-state index in [4.69, 9.17) is 20.8 Å². The third-order valence-electron chi connectivity index (χ3n) is 3.63. The van der Waals surface area contributed by atoms with Crippen molar-refractivity contribution in [1.29, 1.82) is 0 Å². The zero-order valence-corrected chi connectivity index (χ0v) is 14.1. The zero-order chi connectivity index (χ0) is 16.1. The van der Waals surface area contributed by atoms with Gasteiger partial charge in [-0.1, -0.05) is 48.3 Å². The third-order valence-corrected chi connectivity index (χ3v) is 5.09. The number of carbonyl (C=O) groups excluding carboxylic acids is 1. The molecule has 0 saturated heterocycles. The number of thioether (sulfide) groups is 1. The van der Waals surface area contributed by atoms with E-state index in [2.05, 4.69) is 10.2 Å². The molecule has 3 rings (SSSR count). The van der Waals surface area contributed by atoms with Gasteiger partial charge in [-0.15, -0.1) is 10.2 Å². The molecule has 0 amide bonds. The predicted molar refractivity (Wildman–Crippen MR) is 87.8 cm³/mol. The zero-order valence-electron chi connectivity index (χ0n) is 12.5. The second-order valence-electron chi connectivity index (χ2n) is 5.35. The summed E-state index contributed by atoms with van der Waals surface area (Å²) in [6.07, 6.45) is 4.69. The lowest BCUT2D eigenvalue weighted by Gasteiger charge is -2.08. The molecule has 0 bridgehead atoms. The van der Waals surface area contributed by atoms with E-state index in [9.17, 15) is 4.79 Å². The van der Waals surface area contributed by atoms with Gasteiger partial charge < -0.3 is 9.15 Å². The number of halogens is 1. The first-order valence-corrected chi connectivity index (χ1v) is 8.87. The van der Waals surface area contributed by atoms with Crippen LogP contribution >= 0.6 is 23.4 Å². The van der Waals surface area contributed by atoms with Crippen LogP contribution in [0.5, 0.6) is 5.75 Å². The smallest absolute Gasteiger partial charge is 0.277 e. The van der Waals surface area contributed by atoms with Crippen LogP contribution in [0.3, 0.4) is 0 Å². The van der Waals surface area contributed by atoms with E-state index in [1.807, 2.05) is 12.1 Å². The minimum Gasteiger partial charge on any atom is -0.482 e. The molecule has 1 heterocycles. The summed E-state index contributed by atoms with van der Waals surface area (Å²) in [5, 5.41) is 8.83. The van der Waals surface area contributed by atoms with Gasteiger partial charge in [-0.2, -0.15) is 0 Å². The van der Waals surface area contributed by atoms with Crippen LogP contribution in [0.25, 0.3) is 0 Å². The van der Waals surface area contributed by atoms with Crippen molar-refractivity contribution >= 4 is 29.1 Å². The first kappa shape index (κ1) is 16.3. The number of hydrogen-bond acceptors (Lipinski definition) is 6. The van der Waals surface area contributed by atoms with Gasteiger partial charge in [0.25, 0.3) is 11.1 Å². The van der Waals surface area contributed by atoms with Gasteiger partial charge in [-0.25, -0.2) is 0 Å². The van der Waals surface area contributed by atoms with Crippen LogP contribution in [0.4, 0.5) is 0 Å². The average Bonchev–Trinajstić information content (AvgIpc) is 2.90. The second kappa shape index (κ2) is 7.84. The molecule has 1 unspecified atom stereocenters. The van der Waals surface area contributed by atoms with E-state index in [1.54, 1.807) is 12.1 Å². The van der Waals surface area contributed by atoms with E-state index < -0.39 is 0 Å². The van der Waals surface area contributed by atoms with Crippen LogP contribution in [0, 0.1) is 0 Å². The Hall–Kier alpha value is -1.53. The average molecular weight is 353 g/mol. The molecule has 0 spiro atoms. The summed E-state index contributed by atoms with van der Waals surface area (Å²) in [5.41, 5.74) is 0. The highest BCUT2D eigenvalue weighted by molar-refractivity contribution is 8.00. The number of benzene rings is 1. The summed E-state index contributed by atoms with van der Waals surface area (Å²) in [6.45, 7) is 0.149. The van der Waals surface area contributed by atoms with Crippen molar-refractivity contribution in [3.63, 3.8) is 0 Å². The summed E-state index contributed by atoms with van der Waals surface area (Å²) < 4.78 is 11.1. The van der Waals surface area contributed by atoms with Crippen molar-refractivity contribution in [1.82, 2.24) is 10.2 Å². The third kappa shape index (κ3) is 4.48. The minimum absolute atomic E-state index is 0.0738. The van der Waals surface area contributed by atoms with Crippen LogP contribution in [0.2, 0.25) is 5.02 Å². The topological polar surface area (TPSA) is 65.2 Å². The molecule has 0 aliphatic heterocycles. The van der Waals surface area contributed by atoms with Crippen molar-refractivity contribution in [3.05, 3.63) is 35.2 Å². The number of hydrogen-bond donors (Lipinski definition) is 0. The highest BCUT2D eigenvalue weighted by Crippen LogP contribution is 2.30. The summed E-state index contributed by atoms with van der Waals surface area (Å²) in [7, 11) is 0. The number of carbonyl (C=O) groups is 1. The number of rotatable bonds is 5. The normalized spacial score (nSPS) is 18.7.